The minimum Gasteiger partial charge on any atom is -0.508 e. The molecule has 1 aromatic rings. The molecule has 1 aromatic carbocycles. The molecule has 0 unspecified atom stereocenters. The maximum absolute atomic E-state index is 9.94. The number of aromatic hydroxyl groups is 1. The largest absolute Gasteiger partial charge is 0.508 e. The lowest BCUT2D eigenvalue weighted by molar-refractivity contribution is 0.140. The van der Waals surface area contributed by atoms with Gasteiger partial charge in [-0.3, -0.25) is 0 Å². The molecule has 4 heteroatoms. The van der Waals surface area contributed by atoms with Crippen LogP contribution in [-0.2, 0) is 5.60 Å². The molecule has 0 radical (unpaired) electrons. The van der Waals surface area contributed by atoms with Crippen LogP contribution in [0.25, 0.3) is 0 Å². The van der Waals surface area contributed by atoms with Gasteiger partial charge in [-0.1, -0.05) is 0 Å². The van der Waals surface area contributed by atoms with Gasteiger partial charge in [0, 0.05) is 11.6 Å². The molecule has 0 aromatic heterocycles. The fourth-order valence-electron chi connectivity index (χ4n) is 1.73. The highest BCUT2D eigenvalue weighted by atomic mass is 16.7. The van der Waals surface area contributed by atoms with Crippen molar-refractivity contribution in [3.63, 3.8) is 0 Å². The molecule has 1 aliphatic heterocycles. The van der Waals surface area contributed by atoms with E-state index in [1.54, 1.807) is 6.07 Å². The van der Waals surface area contributed by atoms with Gasteiger partial charge in [0.15, 0.2) is 11.5 Å². The van der Waals surface area contributed by atoms with Crippen LogP contribution in [0, 0.1) is 0 Å². The zero-order valence-electron chi connectivity index (χ0n) is 7.49. The van der Waals surface area contributed by atoms with Crippen molar-refractivity contribution in [2.45, 2.75) is 18.4 Å². The number of benzene rings is 1. The molecule has 0 spiro atoms. The van der Waals surface area contributed by atoms with Gasteiger partial charge in [-0.2, -0.15) is 0 Å². The first-order valence-electron chi connectivity index (χ1n) is 4.54. The molecule has 14 heavy (non-hydrogen) atoms. The van der Waals surface area contributed by atoms with Crippen molar-refractivity contribution in [2.75, 3.05) is 6.79 Å². The van der Waals surface area contributed by atoms with E-state index in [9.17, 15) is 10.2 Å². The Labute approximate surface area is 80.7 Å². The van der Waals surface area contributed by atoms with Gasteiger partial charge in [0.25, 0.3) is 0 Å². The second-order valence-corrected chi connectivity index (χ2v) is 3.76. The third-order valence-corrected chi connectivity index (χ3v) is 2.68. The van der Waals surface area contributed by atoms with Crippen LogP contribution < -0.4 is 9.47 Å². The van der Waals surface area contributed by atoms with Crippen LogP contribution in [0.4, 0.5) is 0 Å². The van der Waals surface area contributed by atoms with Gasteiger partial charge in [-0.15, -0.1) is 0 Å². The summed E-state index contributed by atoms with van der Waals surface area (Å²) in [5.74, 6) is 1.19. The summed E-state index contributed by atoms with van der Waals surface area (Å²) in [6.45, 7) is 0.155. The van der Waals surface area contributed by atoms with Gasteiger partial charge in [0.1, 0.15) is 5.75 Å². The monoisotopic (exact) mass is 194 g/mol. The molecule has 1 heterocycles. The van der Waals surface area contributed by atoms with Gasteiger partial charge in [-0.05, 0) is 18.9 Å². The van der Waals surface area contributed by atoms with E-state index in [2.05, 4.69) is 0 Å². The Morgan fingerprint density at radius 3 is 2.71 bits per heavy atom. The van der Waals surface area contributed by atoms with Gasteiger partial charge >= 0.3 is 0 Å². The summed E-state index contributed by atoms with van der Waals surface area (Å²) in [6, 6.07) is 3.04. The average Bonchev–Trinajstić information content (AvgIpc) is 2.74. The zero-order chi connectivity index (χ0) is 9.76. The maximum Gasteiger partial charge on any atom is 0.231 e. The van der Waals surface area contributed by atoms with Crippen LogP contribution in [0.15, 0.2) is 12.1 Å². The Morgan fingerprint density at radius 1 is 1.21 bits per heavy atom. The van der Waals surface area contributed by atoms with Crippen LogP contribution in [0.2, 0.25) is 0 Å². The predicted molar refractivity (Wildman–Crippen MR) is 47.4 cm³/mol. The van der Waals surface area contributed by atoms with Gasteiger partial charge < -0.3 is 19.7 Å². The molecule has 0 saturated heterocycles. The lowest BCUT2D eigenvalue weighted by atomic mass is 10.1. The smallest absolute Gasteiger partial charge is 0.231 e. The Morgan fingerprint density at radius 2 is 2.00 bits per heavy atom. The minimum absolute atomic E-state index is 0.101. The van der Waals surface area contributed by atoms with E-state index in [-0.39, 0.29) is 12.5 Å². The number of rotatable bonds is 1. The summed E-state index contributed by atoms with van der Waals surface area (Å²) in [4.78, 5) is 0. The number of hydrogen-bond donors (Lipinski definition) is 2. The summed E-state index contributed by atoms with van der Waals surface area (Å²) < 4.78 is 10.4. The molecule has 4 nitrogen and oxygen atoms in total. The van der Waals surface area contributed by atoms with Gasteiger partial charge in [0.05, 0.1) is 5.60 Å². The predicted octanol–water partition coefficient (Wildman–Crippen LogP) is 1.10. The molecule has 74 valence electrons. The maximum atomic E-state index is 9.94. The van der Waals surface area contributed by atoms with E-state index in [1.807, 2.05) is 0 Å². The molecule has 2 aliphatic rings. The number of ether oxygens (including phenoxy) is 2. The first kappa shape index (κ1) is 7.94. The van der Waals surface area contributed by atoms with Crippen molar-refractivity contribution in [3.05, 3.63) is 17.7 Å². The molecule has 3 rings (SSSR count). The third kappa shape index (κ3) is 0.974. The molecule has 0 atom stereocenters. The van der Waals surface area contributed by atoms with Crippen molar-refractivity contribution < 1.29 is 19.7 Å². The molecule has 1 fully saturated rings. The van der Waals surface area contributed by atoms with Crippen molar-refractivity contribution >= 4 is 0 Å². The van der Waals surface area contributed by atoms with E-state index in [4.69, 9.17) is 9.47 Å². The standard InChI is InChI=1S/C10H10O4/c11-6-3-7(10(12)1-2-10)9-8(4-6)13-5-14-9/h3-4,11-12H,1-2,5H2. The quantitative estimate of drug-likeness (QED) is 0.702. The third-order valence-electron chi connectivity index (χ3n) is 2.68. The summed E-state index contributed by atoms with van der Waals surface area (Å²) in [6.07, 6.45) is 1.43. The van der Waals surface area contributed by atoms with Crippen LogP contribution >= 0.6 is 0 Å². The fourth-order valence-corrected chi connectivity index (χ4v) is 1.73. The summed E-state index contributed by atoms with van der Waals surface area (Å²) in [5, 5.41) is 19.4. The van der Waals surface area contributed by atoms with Gasteiger partial charge in [-0.25, -0.2) is 0 Å². The average molecular weight is 194 g/mol. The lowest BCUT2D eigenvalue weighted by Crippen LogP contribution is -2.05. The normalized spacial score (nSPS) is 20.9. The Kier molecular flexibility index (Phi) is 1.32. The van der Waals surface area contributed by atoms with E-state index in [0.717, 1.165) is 0 Å². The Bertz CT molecular complexity index is 395. The SMILES string of the molecule is Oc1cc2c(c(C3(O)CC3)c1)OCO2. The fraction of sp³-hybridized carbons (Fsp3) is 0.400. The molecule has 0 bridgehead atoms. The van der Waals surface area contributed by atoms with Crippen molar-refractivity contribution in [1.82, 2.24) is 0 Å². The number of phenolic OH excluding ortho intramolecular Hbond substituents is 1. The van der Waals surface area contributed by atoms with Gasteiger partial charge in [0.2, 0.25) is 6.79 Å². The van der Waals surface area contributed by atoms with Crippen LogP contribution in [0.3, 0.4) is 0 Å². The molecular weight excluding hydrogens is 184 g/mol. The minimum atomic E-state index is -0.809. The second kappa shape index (κ2) is 2.33. The Hall–Kier alpha value is -1.42. The number of phenols is 1. The topological polar surface area (TPSA) is 58.9 Å². The van der Waals surface area contributed by atoms with E-state index < -0.39 is 5.60 Å². The number of fused-ring (bicyclic) bond motifs is 1. The lowest BCUT2D eigenvalue weighted by Gasteiger charge is -2.11. The molecule has 2 N–H and O–H groups in total. The highest BCUT2D eigenvalue weighted by Crippen LogP contribution is 2.53. The highest BCUT2D eigenvalue weighted by Gasteiger charge is 2.46. The Balaban J connectivity index is 2.19. The zero-order valence-corrected chi connectivity index (χ0v) is 7.49. The molecule has 0 amide bonds. The number of hydrogen-bond acceptors (Lipinski definition) is 4. The van der Waals surface area contributed by atoms with Crippen molar-refractivity contribution in [1.29, 1.82) is 0 Å². The van der Waals surface area contributed by atoms with E-state index in [0.29, 0.717) is 29.9 Å². The van der Waals surface area contributed by atoms with E-state index >= 15 is 0 Å². The number of aliphatic hydroxyl groups is 1. The molecule has 1 saturated carbocycles. The van der Waals surface area contributed by atoms with Crippen molar-refractivity contribution in [3.8, 4) is 17.2 Å². The van der Waals surface area contributed by atoms with Crippen LogP contribution in [0.1, 0.15) is 18.4 Å². The van der Waals surface area contributed by atoms with Crippen LogP contribution in [0.5, 0.6) is 17.2 Å². The van der Waals surface area contributed by atoms with Crippen LogP contribution in [-0.4, -0.2) is 17.0 Å². The second-order valence-electron chi connectivity index (χ2n) is 3.76. The first-order chi connectivity index (χ1) is 6.69. The summed E-state index contributed by atoms with van der Waals surface area (Å²) in [5.41, 5.74) is -0.165. The van der Waals surface area contributed by atoms with E-state index in [1.165, 1.54) is 6.07 Å². The highest BCUT2D eigenvalue weighted by molar-refractivity contribution is 5.56. The first-order valence-corrected chi connectivity index (χ1v) is 4.54. The summed E-state index contributed by atoms with van der Waals surface area (Å²) in [7, 11) is 0. The molecule has 1 aliphatic carbocycles. The molecular formula is C10H10O4. The van der Waals surface area contributed by atoms with Crippen molar-refractivity contribution in [2.24, 2.45) is 0 Å². The summed E-state index contributed by atoms with van der Waals surface area (Å²) >= 11 is 0.